The molecule has 13 aromatic rings. The maximum Gasteiger partial charge on any atom is 0.143 e. The molecule has 68 heavy (non-hydrogen) atoms. The van der Waals surface area contributed by atoms with Crippen molar-refractivity contribution >= 4 is 65.4 Å². The molecule has 0 N–H and O–H groups in total. The molecule has 0 aliphatic heterocycles. The Morgan fingerprint density at radius 1 is 0.265 bits per heavy atom. The minimum atomic E-state index is -0.430. The third-order valence-electron chi connectivity index (χ3n) is 16.3. The first kappa shape index (κ1) is 36.7. The Hall–Kier alpha value is -8.46. The molecule has 0 radical (unpaired) electrons. The summed E-state index contributed by atoms with van der Waals surface area (Å²) in [4.78, 5) is 0. The van der Waals surface area contributed by atoms with Crippen LogP contribution in [-0.4, -0.2) is 0 Å². The number of rotatable bonds is 2. The van der Waals surface area contributed by atoms with Crippen molar-refractivity contribution in [3.05, 3.63) is 240 Å². The van der Waals surface area contributed by atoms with Gasteiger partial charge < -0.3 is 8.83 Å². The van der Waals surface area contributed by atoms with Crippen LogP contribution < -0.4 is 0 Å². The highest BCUT2D eigenvalue weighted by atomic mass is 16.3. The van der Waals surface area contributed by atoms with Gasteiger partial charge in [-0.3, -0.25) is 0 Å². The van der Waals surface area contributed by atoms with E-state index >= 15 is 0 Å². The van der Waals surface area contributed by atoms with Gasteiger partial charge in [-0.1, -0.05) is 208 Å². The summed E-state index contributed by atoms with van der Waals surface area (Å²) in [6.45, 7) is 4.69. The van der Waals surface area contributed by atoms with Crippen LogP contribution in [0.25, 0.3) is 121 Å². The predicted octanol–water partition coefficient (Wildman–Crippen LogP) is 17.8. The molecule has 2 heteroatoms. The lowest BCUT2D eigenvalue weighted by Gasteiger charge is -2.30. The fraction of sp³-hybridized carbons (Fsp3) is 0.0606. The lowest BCUT2D eigenvalue weighted by atomic mass is 9.70. The van der Waals surface area contributed by atoms with E-state index in [1.807, 2.05) is 0 Å². The van der Waals surface area contributed by atoms with Crippen LogP contribution in [0.15, 0.2) is 215 Å². The topological polar surface area (TPSA) is 26.3 Å². The van der Waals surface area contributed by atoms with Gasteiger partial charge in [-0.15, -0.1) is 0 Å². The van der Waals surface area contributed by atoms with Crippen molar-refractivity contribution < 1.29 is 8.83 Å². The molecular weight excluding hydrogens is 825 g/mol. The number of fused-ring (bicyclic) bond motifs is 23. The lowest BCUT2D eigenvalue weighted by Crippen LogP contribution is -2.25. The van der Waals surface area contributed by atoms with Gasteiger partial charge >= 0.3 is 0 Å². The summed E-state index contributed by atoms with van der Waals surface area (Å²) in [6, 6.07) is 76.4. The first-order valence-electron chi connectivity index (χ1n) is 23.8. The largest absolute Gasteiger partial charge is 0.455 e. The highest BCUT2D eigenvalue weighted by molar-refractivity contribution is 6.28. The second-order valence-electron chi connectivity index (χ2n) is 19.7. The summed E-state index contributed by atoms with van der Waals surface area (Å²) >= 11 is 0. The predicted molar refractivity (Wildman–Crippen MR) is 281 cm³/mol. The molecule has 1 spiro atoms. The Bertz CT molecular complexity index is 4320. The Balaban J connectivity index is 0.962. The molecule has 3 aliphatic rings. The van der Waals surface area contributed by atoms with Gasteiger partial charge in [0.25, 0.3) is 0 Å². The smallest absolute Gasteiger partial charge is 0.143 e. The summed E-state index contributed by atoms with van der Waals surface area (Å²) in [5.74, 6) is 0. The highest BCUT2D eigenvalue weighted by Gasteiger charge is 2.52. The van der Waals surface area contributed by atoms with Gasteiger partial charge in [-0.2, -0.15) is 0 Å². The minimum absolute atomic E-state index is 0.104. The molecule has 2 aromatic heterocycles. The molecular formula is C66H40O2. The van der Waals surface area contributed by atoms with Crippen molar-refractivity contribution in [3.8, 4) is 55.6 Å². The first-order chi connectivity index (χ1) is 33.5. The van der Waals surface area contributed by atoms with E-state index in [1.54, 1.807) is 0 Å². The van der Waals surface area contributed by atoms with Gasteiger partial charge in [0, 0.05) is 49.2 Å². The van der Waals surface area contributed by atoms with Gasteiger partial charge in [0.05, 0.1) is 5.41 Å². The molecule has 0 saturated heterocycles. The maximum absolute atomic E-state index is 7.23. The summed E-state index contributed by atoms with van der Waals surface area (Å²) < 4.78 is 14.3. The molecule has 0 atom stereocenters. The summed E-state index contributed by atoms with van der Waals surface area (Å²) in [5.41, 5.74) is 23.4. The monoisotopic (exact) mass is 864 g/mol. The number of furan rings is 2. The number of hydrogen-bond donors (Lipinski definition) is 0. The van der Waals surface area contributed by atoms with Gasteiger partial charge in [0.15, 0.2) is 0 Å². The van der Waals surface area contributed by atoms with Crippen LogP contribution in [0.2, 0.25) is 0 Å². The van der Waals surface area contributed by atoms with Crippen molar-refractivity contribution in [2.75, 3.05) is 0 Å². The number of para-hydroxylation sites is 2. The molecule has 316 valence electrons. The zero-order valence-corrected chi connectivity index (χ0v) is 37.4. The second-order valence-corrected chi connectivity index (χ2v) is 19.7. The van der Waals surface area contributed by atoms with E-state index < -0.39 is 5.41 Å². The van der Waals surface area contributed by atoms with Gasteiger partial charge in [0.2, 0.25) is 0 Å². The van der Waals surface area contributed by atoms with Crippen molar-refractivity contribution in [1.29, 1.82) is 0 Å². The van der Waals surface area contributed by atoms with E-state index in [1.165, 1.54) is 110 Å². The van der Waals surface area contributed by atoms with Crippen molar-refractivity contribution in [2.45, 2.75) is 24.7 Å². The van der Waals surface area contributed by atoms with Gasteiger partial charge in [0.1, 0.15) is 22.3 Å². The first-order valence-corrected chi connectivity index (χ1v) is 23.8. The molecule has 3 aliphatic carbocycles. The molecule has 0 unspecified atom stereocenters. The van der Waals surface area contributed by atoms with E-state index in [-0.39, 0.29) is 5.41 Å². The van der Waals surface area contributed by atoms with Crippen LogP contribution in [0.1, 0.15) is 47.2 Å². The van der Waals surface area contributed by atoms with Gasteiger partial charge in [-0.05, 0) is 100 Å². The molecule has 2 nitrogen and oxygen atoms in total. The normalized spacial score (nSPS) is 14.6. The van der Waals surface area contributed by atoms with Crippen LogP contribution in [0, 0.1) is 0 Å². The Morgan fingerprint density at radius 2 is 0.618 bits per heavy atom. The average molecular weight is 865 g/mol. The Morgan fingerprint density at radius 3 is 1.12 bits per heavy atom. The van der Waals surface area contributed by atoms with Crippen molar-refractivity contribution in [3.63, 3.8) is 0 Å². The maximum atomic E-state index is 7.23. The van der Waals surface area contributed by atoms with Crippen molar-refractivity contribution in [2.24, 2.45) is 0 Å². The third-order valence-corrected chi connectivity index (χ3v) is 16.3. The van der Waals surface area contributed by atoms with Crippen LogP contribution in [0.3, 0.4) is 0 Å². The van der Waals surface area contributed by atoms with E-state index in [4.69, 9.17) is 8.83 Å². The number of hydrogen-bond acceptors (Lipinski definition) is 2. The van der Waals surface area contributed by atoms with E-state index in [9.17, 15) is 0 Å². The highest BCUT2D eigenvalue weighted by Crippen LogP contribution is 2.64. The van der Waals surface area contributed by atoms with E-state index in [0.29, 0.717) is 0 Å². The lowest BCUT2D eigenvalue weighted by molar-refractivity contribution is 0.657. The summed E-state index contributed by atoms with van der Waals surface area (Å²) in [6.07, 6.45) is 0. The van der Waals surface area contributed by atoms with Crippen LogP contribution in [0.5, 0.6) is 0 Å². The Kier molecular flexibility index (Phi) is 6.86. The zero-order valence-electron chi connectivity index (χ0n) is 37.4. The molecule has 0 saturated carbocycles. The summed E-state index contributed by atoms with van der Waals surface area (Å²) in [5, 5.41) is 9.34. The van der Waals surface area contributed by atoms with Gasteiger partial charge in [-0.25, -0.2) is 0 Å². The number of benzene rings is 11. The second kappa shape index (κ2) is 12.7. The SMILES string of the molecule is CC1(C)c2ccccc2-c2c1ccc1oc3c(-c4c5ccccc5c(-c5cccc6c5oc5ccc7c(c56)-c5ccccc5C75c6ccccc6-c6ccccc65)c5ccccc45)cccc3c21. The molecule has 0 bridgehead atoms. The van der Waals surface area contributed by atoms with E-state index in [0.717, 1.165) is 44.2 Å². The van der Waals surface area contributed by atoms with Crippen LogP contribution >= 0.6 is 0 Å². The zero-order chi connectivity index (χ0) is 44.6. The molecule has 0 amide bonds. The Labute approximate surface area is 392 Å². The third kappa shape index (κ3) is 4.27. The van der Waals surface area contributed by atoms with Crippen LogP contribution in [0.4, 0.5) is 0 Å². The molecule has 0 fully saturated rings. The van der Waals surface area contributed by atoms with E-state index in [2.05, 4.69) is 220 Å². The standard InChI is InChI=1S/C66H40O2/c1-65(2)49-29-11-9-23-43(49)59-53(65)33-35-55-61(59)47-27-15-25-45(63(47)67-55)57-39-19-3-5-21-41(39)58(42-22-6-4-20-40(42)57)46-26-16-28-48-62-56(68-64(46)48)36-34-54-60(62)44-24-10-14-32-52(44)66(54)50-30-12-7-17-37(50)38-18-8-13-31-51(38)66/h3-36H,1-2H3. The fourth-order valence-corrected chi connectivity index (χ4v) is 13.7. The quantitative estimate of drug-likeness (QED) is 0.162. The van der Waals surface area contributed by atoms with Crippen LogP contribution in [-0.2, 0) is 10.8 Å². The molecule has 11 aromatic carbocycles. The molecule has 16 rings (SSSR count). The van der Waals surface area contributed by atoms with Crippen molar-refractivity contribution in [1.82, 2.24) is 0 Å². The average Bonchev–Trinajstić information content (AvgIpc) is 4.17. The minimum Gasteiger partial charge on any atom is -0.455 e. The fourth-order valence-electron chi connectivity index (χ4n) is 13.7. The molecule has 2 heterocycles. The summed E-state index contributed by atoms with van der Waals surface area (Å²) in [7, 11) is 0.